The molecule has 2 unspecified atom stereocenters. The minimum absolute atomic E-state index is 0.379. The van der Waals surface area contributed by atoms with Crippen LogP contribution in [0.25, 0.3) is 0 Å². The van der Waals surface area contributed by atoms with E-state index in [1.807, 2.05) is 0 Å². The number of amides is 1. The lowest BCUT2D eigenvalue weighted by Gasteiger charge is -2.34. The van der Waals surface area contributed by atoms with Gasteiger partial charge < -0.3 is 10.2 Å². The van der Waals surface area contributed by atoms with Crippen LogP contribution in [-0.4, -0.2) is 36.0 Å². The van der Waals surface area contributed by atoms with E-state index in [1.165, 1.54) is 38.5 Å². The Morgan fingerprint density at radius 1 is 1.24 bits per heavy atom. The summed E-state index contributed by atoms with van der Waals surface area (Å²) in [4.78, 5) is 14.3. The Labute approximate surface area is 105 Å². The summed E-state index contributed by atoms with van der Waals surface area (Å²) >= 11 is 0. The summed E-state index contributed by atoms with van der Waals surface area (Å²) in [5.41, 5.74) is 0. The van der Waals surface area contributed by atoms with Crippen molar-refractivity contribution in [3.05, 3.63) is 0 Å². The predicted molar refractivity (Wildman–Crippen MR) is 69.9 cm³/mol. The third-order valence-electron chi connectivity index (χ3n) is 4.24. The number of hydrogen-bond acceptors (Lipinski definition) is 2. The topological polar surface area (TPSA) is 32.3 Å². The second kappa shape index (κ2) is 6.39. The van der Waals surface area contributed by atoms with Gasteiger partial charge in [0.25, 0.3) is 0 Å². The van der Waals surface area contributed by atoms with Crippen molar-refractivity contribution >= 4 is 5.91 Å². The average molecular weight is 238 g/mol. The van der Waals surface area contributed by atoms with Gasteiger partial charge in [-0.05, 0) is 52.0 Å². The zero-order valence-electron chi connectivity index (χ0n) is 11.1. The van der Waals surface area contributed by atoms with Crippen LogP contribution in [0.1, 0.15) is 58.3 Å². The van der Waals surface area contributed by atoms with Crippen LogP contribution in [0.4, 0.5) is 0 Å². The highest BCUT2D eigenvalue weighted by atomic mass is 16.2. The Bertz CT molecular complexity index is 249. The summed E-state index contributed by atoms with van der Waals surface area (Å²) < 4.78 is 0. The highest BCUT2D eigenvalue weighted by Crippen LogP contribution is 2.19. The fourth-order valence-corrected chi connectivity index (χ4v) is 3.08. The fraction of sp³-hybridized carbons (Fsp3) is 0.929. The molecule has 1 amide bonds. The molecule has 17 heavy (non-hydrogen) atoms. The van der Waals surface area contributed by atoms with E-state index in [4.69, 9.17) is 0 Å². The highest BCUT2D eigenvalue weighted by molar-refractivity contribution is 5.76. The second-order valence-electron chi connectivity index (χ2n) is 5.62. The lowest BCUT2D eigenvalue weighted by atomic mass is 9.99. The molecule has 2 atom stereocenters. The van der Waals surface area contributed by atoms with Crippen LogP contribution in [0.5, 0.6) is 0 Å². The smallest absolute Gasteiger partial charge is 0.222 e. The van der Waals surface area contributed by atoms with E-state index in [9.17, 15) is 4.79 Å². The molecule has 2 saturated heterocycles. The molecule has 0 aromatic heterocycles. The van der Waals surface area contributed by atoms with E-state index in [0.29, 0.717) is 18.0 Å². The molecule has 0 aliphatic carbocycles. The van der Waals surface area contributed by atoms with Crippen molar-refractivity contribution in [2.24, 2.45) is 0 Å². The third kappa shape index (κ3) is 3.70. The molecule has 2 aliphatic heterocycles. The molecule has 0 spiro atoms. The Balaban J connectivity index is 1.72. The first-order chi connectivity index (χ1) is 8.27. The largest absolute Gasteiger partial charge is 0.340 e. The lowest BCUT2D eigenvalue weighted by Crippen LogP contribution is -2.43. The zero-order chi connectivity index (χ0) is 12.1. The van der Waals surface area contributed by atoms with Crippen LogP contribution in [0.3, 0.4) is 0 Å². The Kier molecular flexibility index (Phi) is 4.84. The van der Waals surface area contributed by atoms with Gasteiger partial charge in [-0.15, -0.1) is 0 Å². The molecule has 0 aromatic carbocycles. The number of piperidine rings is 2. The molecule has 2 aliphatic rings. The van der Waals surface area contributed by atoms with Crippen molar-refractivity contribution in [3.8, 4) is 0 Å². The van der Waals surface area contributed by atoms with Crippen LogP contribution >= 0.6 is 0 Å². The van der Waals surface area contributed by atoms with Gasteiger partial charge in [-0.2, -0.15) is 0 Å². The molecule has 2 rings (SSSR count). The number of nitrogens with one attached hydrogen (secondary N) is 1. The second-order valence-corrected chi connectivity index (χ2v) is 5.62. The average Bonchev–Trinajstić information content (AvgIpc) is 2.38. The van der Waals surface area contributed by atoms with Gasteiger partial charge in [-0.25, -0.2) is 0 Å². The summed E-state index contributed by atoms with van der Waals surface area (Å²) in [5, 5.41) is 3.52. The molecule has 1 N–H and O–H groups in total. The lowest BCUT2D eigenvalue weighted by molar-refractivity contribution is -0.134. The number of hydrogen-bond donors (Lipinski definition) is 1. The Hall–Kier alpha value is -0.570. The first kappa shape index (κ1) is 12.9. The van der Waals surface area contributed by atoms with Gasteiger partial charge in [-0.1, -0.05) is 6.42 Å². The first-order valence-corrected chi connectivity index (χ1v) is 7.30. The predicted octanol–water partition coefficient (Wildman–Crippen LogP) is 2.31. The maximum absolute atomic E-state index is 12.1. The molecule has 0 radical (unpaired) electrons. The standard InChI is InChI=1S/C14H26N2O/c1-12-6-3-5-11-16(12)14(17)9-8-13-7-2-4-10-15-13/h12-13,15H,2-11H2,1H3. The van der Waals surface area contributed by atoms with E-state index in [-0.39, 0.29) is 0 Å². The van der Waals surface area contributed by atoms with Gasteiger partial charge in [0.15, 0.2) is 0 Å². The SMILES string of the molecule is CC1CCCCN1C(=O)CCC1CCCCN1. The van der Waals surface area contributed by atoms with E-state index in [1.54, 1.807) is 0 Å². The van der Waals surface area contributed by atoms with E-state index in [0.717, 1.165) is 25.9 Å². The quantitative estimate of drug-likeness (QED) is 0.818. The maximum Gasteiger partial charge on any atom is 0.222 e. The van der Waals surface area contributed by atoms with Gasteiger partial charge in [0.2, 0.25) is 5.91 Å². The van der Waals surface area contributed by atoms with Crippen molar-refractivity contribution in [2.75, 3.05) is 13.1 Å². The molecule has 0 aromatic rings. The molecular formula is C14H26N2O. The molecular weight excluding hydrogens is 212 g/mol. The normalized spacial score (nSPS) is 30.3. The zero-order valence-corrected chi connectivity index (χ0v) is 11.1. The van der Waals surface area contributed by atoms with Gasteiger partial charge in [0.05, 0.1) is 0 Å². The molecule has 3 nitrogen and oxygen atoms in total. The summed E-state index contributed by atoms with van der Waals surface area (Å²) in [5.74, 6) is 0.379. The molecule has 3 heteroatoms. The number of carbonyl (C=O) groups is 1. The fourth-order valence-electron chi connectivity index (χ4n) is 3.08. The number of carbonyl (C=O) groups excluding carboxylic acids is 1. The van der Waals surface area contributed by atoms with Crippen LogP contribution < -0.4 is 5.32 Å². The Morgan fingerprint density at radius 2 is 2.06 bits per heavy atom. The molecule has 0 saturated carbocycles. The van der Waals surface area contributed by atoms with E-state index >= 15 is 0 Å². The van der Waals surface area contributed by atoms with Crippen LogP contribution in [0.15, 0.2) is 0 Å². The number of likely N-dealkylation sites (tertiary alicyclic amines) is 1. The van der Waals surface area contributed by atoms with Gasteiger partial charge in [-0.3, -0.25) is 4.79 Å². The van der Waals surface area contributed by atoms with Gasteiger partial charge in [0, 0.05) is 25.0 Å². The molecule has 98 valence electrons. The number of rotatable bonds is 3. The van der Waals surface area contributed by atoms with Crippen LogP contribution in [0, 0.1) is 0 Å². The minimum Gasteiger partial charge on any atom is -0.340 e. The third-order valence-corrected chi connectivity index (χ3v) is 4.24. The van der Waals surface area contributed by atoms with E-state index in [2.05, 4.69) is 17.1 Å². The maximum atomic E-state index is 12.1. The van der Waals surface area contributed by atoms with Crippen LogP contribution in [0.2, 0.25) is 0 Å². The van der Waals surface area contributed by atoms with Crippen molar-refractivity contribution < 1.29 is 4.79 Å². The highest BCUT2D eigenvalue weighted by Gasteiger charge is 2.23. The van der Waals surface area contributed by atoms with Crippen molar-refractivity contribution in [3.63, 3.8) is 0 Å². The molecule has 2 fully saturated rings. The summed E-state index contributed by atoms with van der Waals surface area (Å²) in [6.45, 7) is 4.31. The van der Waals surface area contributed by atoms with Gasteiger partial charge >= 0.3 is 0 Å². The van der Waals surface area contributed by atoms with Crippen molar-refractivity contribution in [1.82, 2.24) is 10.2 Å². The minimum atomic E-state index is 0.379. The van der Waals surface area contributed by atoms with Crippen molar-refractivity contribution in [2.45, 2.75) is 70.4 Å². The summed E-state index contributed by atoms with van der Waals surface area (Å²) in [6.07, 6.45) is 9.31. The monoisotopic (exact) mass is 238 g/mol. The summed E-state index contributed by atoms with van der Waals surface area (Å²) in [6, 6.07) is 1.06. The van der Waals surface area contributed by atoms with Crippen LogP contribution in [-0.2, 0) is 4.79 Å². The first-order valence-electron chi connectivity index (χ1n) is 7.30. The van der Waals surface area contributed by atoms with Gasteiger partial charge in [0.1, 0.15) is 0 Å². The Morgan fingerprint density at radius 3 is 2.76 bits per heavy atom. The molecule has 0 bridgehead atoms. The number of nitrogens with zero attached hydrogens (tertiary/aromatic N) is 1. The van der Waals surface area contributed by atoms with E-state index < -0.39 is 0 Å². The molecule has 2 heterocycles. The summed E-state index contributed by atoms with van der Waals surface area (Å²) in [7, 11) is 0. The van der Waals surface area contributed by atoms with Crippen molar-refractivity contribution in [1.29, 1.82) is 0 Å².